The van der Waals surface area contributed by atoms with E-state index in [4.69, 9.17) is 9.84 Å². The highest BCUT2D eigenvalue weighted by Crippen LogP contribution is 2.24. The first kappa shape index (κ1) is 12.2. The molecule has 0 saturated heterocycles. The first-order chi connectivity index (χ1) is 8.70. The molecule has 1 aromatic carbocycles. The number of hydrogen-bond donors (Lipinski definition) is 1. The summed E-state index contributed by atoms with van der Waals surface area (Å²) in [6, 6.07) is 11.1. The lowest BCUT2D eigenvalue weighted by molar-refractivity contribution is -0.137. The number of aliphatic carboxylic acids is 1. The molecule has 1 atom stereocenters. The van der Waals surface area contributed by atoms with Crippen LogP contribution < -0.4 is 4.74 Å². The lowest BCUT2D eigenvalue weighted by Gasteiger charge is -2.17. The van der Waals surface area contributed by atoms with E-state index in [2.05, 4.69) is 0 Å². The fourth-order valence-corrected chi connectivity index (χ4v) is 1.94. The summed E-state index contributed by atoms with van der Waals surface area (Å²) in [6.07, 6.45) is 3.80. The van der Waals surface area contributed by atoms with Crippen LogP contribution in [0.15, 0.2) is 48.8 Å². The van der Waals surface area contributed by atoms with Crippen molar-refractivity contribution in [2.24, 2.45) is 0 Å². The Hall–Kier alpha value is -2.23. The fraction of sp³-hybridized carbons (Fsp3) is 0.214. The quantitative estimate of drug-likeness (QED) is 0.880. The number of benzene rings is 1. The van der Waals surface area contributed by atoms with Crippen molar-refractivity contribution in [3.63, 3.8) is 0 Å². The zero-order chi connectivity index (χ0) is 13.0. The third-order valence-electron chi connectivity index (χ3n) is 2.86. The number of aromatic nitrogens is 1. The number of carboxylic acids is 1. The van der Waals surface area contributed by atoms with E-state index in [-0.39, 0.29) is 12.5 Å². The van der Waals surface area contributed by atoms with Crippen molar-refractivity contribution in [3.8, 4) is 5.75 Å². The maximum atomic E-state index is 11.0. The maximum Gasteiger partial charge on any atom is 0.305 e. The van der Waals surface area contributed by atoms with E-state index in [1.54, 1.807) is 7.11 Å². The van der Waals surface area contributed by atoms with Crippen LogP contribution in [0, 0.1) is 0 Å². The van der Waals surface area contributed by atoms with Gasteiger partial charge >= 0.3 is 5.97 Å². The summed E-state index contributed by atoms with van der Waals surface area (Å²) in [5.41, 5.74) is 0.953. The summed E-state index contributed by atoms with van der Waals surface area (Å²) in [7, 11) is 1.61. The van der Waals surface area contributed by atoms with E-state index in [0.29, 0.717) is 0 Å². The monoisotopic (exact) mass is 245 g/mol. The van der Waals surface area contributed by atoms with Crippen LogP contribution in [-0.2, 0) is 4.79 Å². The number of nitrogens with zero attached hydrogens (tertiary/aromatic N) is 1. The molecule has 18 heavy (non-hydrogen) atoms. The Morgan fingerprint density at radius 1 is 1.28 bits per heavy atom. The van der Waals surface area contributed by atoms with E-state index in [0.717, 1.165) is 11.3 Å². The predicted octanol–water partition coefficient (Wildman–Crippen LogP) is 2.56. The average molecular weight is 245 g/mol. The molecule has 4 nitrogen and oxygen atoms in total. The number of methoxy groups -OCH3 is 1. The highest BCUT2D eigenvalue weighted by molar-refractivity contribution is 5.68. The number of hydrogen-bond acceptors (Lipinski definition) is 2. The van der Waals surface area contributed by atoms with Gasteiger partial charge in [0.25, 0.3) is 0 Å². The molecule has 2 aromatic rings. The van der Waals surface area contributed by atoms with Crippen LogP contribution in [0.1, 0.15) is 18.0 Å². The molecule has 0 bridgehead atoms. The summed E-state index contributed by atoms with van der Waals surface area (Å²) >= 11 is 0. The van der Waals surface area contributed by atoms with Crippen molar-refractivity contribution in [2.45, 2.75) is 12.5 Å². The predicted molar refractivity (Wildman–Crippen MR) is 67.8 cm³/mol. The molecule has 0 aliphatic rings. The second-order valence-corrected chi connectivity index (χ2v) is 4.02. The Morgan fingerprint density at radius 2 is 1.89 bits per heavy atom. The number of carbonyl (C=O) groups is 1. The van der Waals surface area contributed by atoms with E-state index in [1.807, 2.05) is 53.4 Å². The molecule has 1 unspecified atom stereocenters. The Labute approximate surface area is 105 Å². The van der Waals surface area contributed by atoms with Crippen molar-refractivity contribution in [2.75, 3.05) is 7.11 Å². The van der Waals surface area contributed by atoms with Crippen molar-refractivity contribution in [3.05, 3.63) is 54.4 Å². The first-order valence-corrected chi connectivity index (χ1v) is 5.69. The van der Waals surface area contributed by atoms with Gasteiger partial charge in [-0.3, -0.25) is 4.79 Å². The van der Waals surface area contributed by atoms with Crippen molar-refractivity contribution >= 4 is 5.97 Å². The van der Waals surface area contributed by atoms with Gasteiger partial charge < -0.3 is 14.4 Å². The number of carboxylic acid groups (broad SMARTS) is 1. The summed E-state index contributed by atoms with van der Waals surface area (Å²) in [6.45, 7) is 0. The van der Waals surface area contributed by atoms with Gasteiger partial charge in [0.1, 0.15) is 5.75 Å². The smallest absolute Gasteiger partial charge is 0.305 e. The Balaban J connectivity index is 2.30. The third-order valence-corrected chi connectivity index (χ3v) is 2.86. The second kappa shape index (κ2) is 5.40. The highest BCUT2D eigenvalue weighted by Gasteiger charge is 2.16. The lowest BCUT2D eigenvalue weighted by Crippen LogP contribution is -2.13. The van der Waals surface area contributed by atoms with Gasteiger partial charge in [-0.15, -0.1) is 0 Å². The van der Waals surface area contributed by atoms with Crippen molar-refractivity contribution in [1.29, 1.82) is 0 Å². The van der Waals surface area contributed by atoms with Gasteiger partial charge in [-0.1, -0.05) is 12.1 Å². The molecule has 94 valence electrons. The second-order valence-electron chi connectivity index (χ2n) is 4.02. The van der Waals surface area contributed by atoms with Crippen LogP contribution in [0.25, 0.3) is 0 Å². The van der Waals surface area contributed by atoms with E-state index in [1.165, 1.54) is 0 Å². The van der Waals surface area contributed by atoms with E-state index >= 15 is 0 Å². The standard InChI is InChI=1S/C14H15NO3/c1-18-12-6-4-11(5-7-12)13(10-14(16)17)15-8-2-3-9-15/h2-9,13H,10H2,1H3,(H,16,17). The van der Waals surface area contributed by atoms with Gasteiger partial charge in [0, 0.05) is 12.4 Å². The molecule has 4 heteroatoms. The molecule has 0 fully saturated rings. The van der Waals surface area contributed by atoms with Gasteiger partial charge in [0.05, 0.1) is 19.6 Å². The van der Waals surface area contributed by atoms with Gasteiger partial charge in [0.15, 0.2) is 0 Å². The third kappa shape index (κ3) is 2.71. The largest absolute Gasteiger partial charge is 0.497 e. The molecular weight excluding hydrogens is 230 g/mol. The molecule has 0 spiro atoms. The molecule has 0 aliphatic carbocycles. The average Bonchev–Trinajstić information content (AvgIpc) is 2.89. The first-order valence-electron chi connectivity index (χ1n) is 5.69. The SMILES string of the molecule is COc1ccc(C(CC(=O)O)n2cccc2)cc1. The fourth-order valence-electron chi connectivity index (χ4n) is 1.94. The Kier molecular flexibility index (Phi) is 3.67. The normalized spacial score (nSPS) is 12.1. The van der Waals surface area contributed by atoms with Gasteiger partial charge in [-0.25, -0.2) is 0 Å². The molecule has 1 N–H and O–H groups in total. The molecule has 1 heterocycles. The molecule has 2 rings (SSSR count). The molecule has 0 aliphatic heterocycles. The summed E-state index contributed by atoms with van der Waals surface area (Å²) in [4.78, 5) is 11.0. The van der Waals surface area contributed by atoms with Crippen LogP contribution in [0.4, 0.5) is 0 Å². The van der Waals surface area contributed by atoms with Gasteiger partial charge in [0.2, 0.25) is 0 Å². The minimum atomic E-state index is -0.815. The molecule has 0 amide bonds. The van der Waals surface area contributed by atoms with Crippen LogP contribution in [0.3, 0.4) is 0 Å². The minimum Gasteiger partial charge on any atom is -0.497 e. The Bertz CT molecular complexity index is 502. The van der Waals surface area contributed by atoms with Crippen LogP contribution in [0.2, 0.25) is 0 Å². The number of ether oxygens (including phenoxy) is 1. The van der Waals surface area contributed by atoms with Crippen LogP contribution >= 0.6 is 0 Å². The van der Waals surface area contributed by atoms with Crippen molar-refractivity contribution < 1.29 is 14.6 Å². The molecule has 0 saturated carbocycles. The van der Waals surface area contributed by atoms with E-state index < -0.39 is 5.97 Å². The zero-order valence-electron chi connectivity index (χ0n) is 10.1. The number of rotatable bonds is 5. The summed E-state index contributed by atoms with van der Waals surface area (Å²) in [5.74, 6) is -0.0511. The molecule has 1 aromatic heterocycles. The highest BCUT2D eigenvalue weighted by atomic mass is 16.5. The van der Waals surface area contributed by atoms with Crippen LogP contribution in [0.5, 0.6) is 5.75 Å². The Morgan fingerprint density at radius 3 is 2.39 bits per heavy atom. The van der Waals surface area contributed by atoms with Crippen LogP contribution in [-0.4, -0.2) is 22.8 Å². The van der Waals surface area contributed by atoms with Crippen molar-refractivity contribution in [1.82, 2.24) is 4.57 Å². The summed E-state index contributed by atoms with van der Waals surface area (Å²) < 4.78 is 7.00. The minimum absolute atomic E-state index is 0.0566. The molecular formula is C14H15NO3. The molecule has 0 radical (unpaired) electrons. The zero-order valence-corrected chi connectivity index (χ0v) is 10.1. The topological polar surface area (TPSA) is 51.5 Å². The summed E-state index contributed by atoms with van der Waals surface area (Å²) in [5, 5.41) is 9.01. The van der Waals surface area contributed by atoms with E-state index in [9.17, 15) is 4.79 Å². The van der Waals surface area contributed by atoms with Gasteiger partial charge in [-0.2, -0.15) is 0 Å². The van der Waals surface area contributed by atoms with Gasteiger partial charge in [-0.05, 0) is 29.8 Å². The maximum absolute atomic E-state index is 11.0. The lowest BCUT2D eigenvalue weighted by atomic mass is 10.0.